The zero-order valence-electron chi connectivity index (χ0n) is 15.1. The molecule has 136 valence electrons. The number of amides is 1. The van der Waals surface area contributed by atoms with Crippen molar-refractivity contribution in [2.45, 2.75) is 18.9 Å². The average molecular weight is 359 g/mol. The molecule has 4 heteroatoms. The second-order valence-electron chi connectivity index (χ2n) is 6.63. The minimum atomic E-state index is -1.61. The highest BCUT2D eigenvalue weighted by molar-refractivity contribution is 6.14. The molecule has 0 radical (unpaired) electrons. The summed E-state index contributed by atoms with van der Waals surface area (Å²) in [7, 11) is 0. The lowest BCUT2D eigenvalue weighted by molar-refractivity contribution is -0.132. The Kier molecular flexibility index (Phi) is 5.48. The molecule has 0 aliphatic rings. The zero-order chi connectivity index (χ0) is 19.3. The number of nitrogens with one attached hydrogen (secondary N) is 1. The van der Waals surface area contributed by atoms with E-state index in [9.17, 15) is 14.7 Å². The van der Waals surface area contributed by atoms with Gasteiger partial charge in [-0.15, -0.1) is 0 Å². The van der Waals surface area contributed by atoms with E-state index in [0.717, 1.165) is 5.56 Å². The first kappa shape index (κ1) is 18.5. The van der Waals surface area contributed by atoms with Gasteiger partial charge in [-0.3, -0.25) is 9.59 Å². The van der Waals surface area contributed by atoms with Gasteiger partial charge in [0.1, 0.15) is 5.60 Å². The predicted molar refractivity (Wildman–Crippen MR) is 106 cm³/mol. The summed E-state index contributed by atoms with van der Waals surface area (Å²) in [4.78, 5) is 25.5. The van der Waals surface area contributed by atoms with Gasteiger partial charge in [0.05, 0.1) is 5.69 Å². The van der Waals surface area contributed by atoms with Crippen LogP contribution in [-0.2, 0) is 11.2 Å². The minimum absolute atomic E-state index is 0.175. The maximum Gasteiger partial charge on any atom is 0.256 e. The van der Waals surface area contributed by atoms with Crippen molar-refractivity contribution in [1.82, 2.24) is 0 Å². The summed E-state index contributed by atoms with van der Waals surface area (Å²) in [6, 6.07) is 25.0. The first-order valence-corrected chi connectivity index (χ1v) is 8.74. The first-order chi connectivity index (χ1) is 13.0. The number of benzene rings is 3. The number of rotatable bonds is 6. The largest absolute Gasteiger partial charge is 0.380 e. The quantitative estimate of drug-likeness (QED) is 0.657. The standard InChI is InChI=1S/C23H21NO3/c1-23(27,16-17-10-4-2-5-11-17)22(26)24-20-15-9-8-14-19(20)21(25)18-12-6-3-7-13-18/h2-15,27H,16H2,1H3,(H,24,26). The molecule has 4 nitrogen and oxygen atoms in total. The third-order valence-electron chi connectivity index (χ3n) is 4.34. The molecule has 0 saturated carbocycles. The molecule has 3 rings (SSSR count). The fourth-order valence-corrected chi connectivity index (χ4v) is 2.87. The first-order valence-electron chi connectivity index (χ1n) is 8.74. The number of carbonyl (C=O) groups is 2. The van der Waals surface area contributed by atoms with Crippen LogP contribution in [0.15, 0.2) is 84.9 Å². The van der Waals surface area contributed by atoms with Gasteiger partial charge in [0, 0.05) is 17.5 Å². The number of para-hydroxylation sites is 1. The van der Waals surface area contributed by atoms with E-state index in [1.165, 1.54) is 6.92 Å². The van der Waals surface area contributed by atoms with Gasteiger partial charge in [0.25, 0.3) is 5.91 Å². The molecule has 0 aromatic heterocycles. The molecule has 0 fully saturated rings. The molecule has 0 heterocycles. The molecule has 3 aromatic rings. The van der Waals surface area contributed by atoms with E-state index < -0.39 is 11.5 Å². The molecule has 2 N–H and O–H groups in total. The van der Waals surface area contributed by atoms with Crippen molar-refractivity contribution >= 4 is 17.4 Å². The van der Waals surface area contributed by atoms with Gasteiger partial charge < -0.3 is 10.4 Å². The van der Waals surface area contributed by atoms with Crippen molar-refractivity contribution in [2.24, 2.45) is 0 Å². The fourth-order valence-electron chi connectivity index (χ4n) is 2.87. The lowest BCUT2D eigenvalue weighted by atomic mass is 9.95. The Bertz CT molecular complexity index is 934. The van der Waals surface area contributed by atoms with Crippen LogP contribution in [0.4, 0.5) is 5.69 Å². The summed E-state index contributed by atoms with van der Waals surface area (Å²) in [5.74, 6) is -0.742. The highest BCUT2D eigenvalue weighted by Crippen LogP contribution is 2.22. The van der Waals surface area contributed by atoms with E-state index in [1.54, 1.807) is 48.5 Å². The SMILES string of the molecule is CC(O)(Cc1ccccc1)C(=O)Nc1ccccc1C(=O)c1ccccc1. The Morgan fingerprint density at radius 1 is 0.852 bits per heavy atom. The number of ketones is 1. The van der Waals surface area contributed by atoms with Gasteiger partial charge in [-0.1, -0.05) is 72.8 Å². The van der Waals surface area contributed by atoms with E-state index in [4.69, 9.17) is 0 Å². The molecule has 3 aromatic carbocycles. The number of aliphatic hydroxyl groups is 1. The summed E-state index contributed by atoms with van der Waals surface area (Å²) in [5.41, 5.74) is 0.545. The zero-order valence-corrected chi connectivity index (χ0v) is 15.1. The Hall–Kier alpha value is -3.24. The van der Waals surface area contributed by atoms with Gasteiger partial charge >= 0.3 is 0 Å². The molecule has 1 unspecified atom stereocenters. The lowest BCUT2D eigenvalue weighted by Gasteiger charge is -2.23. The van der Waals surface area contributed by atoms with Crippen LogP contribution < -0.4 is 5.32 Å². The van der Waals surface area contributed by atoms with E-state index in [0.29, 0.717) is 16.8 Å². The highest BCUT2D eigenvalue weighted by atomic mass is 16.3. The maximum absolute atomic E-state index is 12.8. The number of hydrogen-bond acceptors (Lipinski definition) is 3. The molecule has 1 amide bonds. The molecular formula is C23H21NO3. The molecular weight excluding hydrogens is 338 g/mol. The van der Waals surface area contributed by atoms with Crippen molar-refractivity contribution in [3.63, 3.8) is 0 Å². The van der Waals surface area contributed by atoms with Gasteiger partial charge in [-0.05, 0) is 24.6 Å². The molecule has 0 bridgehead atoms. The second-order valence-corrected chi connectivity index (χ2v) is 6.63. The van der Waals surface area contributed by atoms with Crippen LogP contribution in [-0.4, -0.2) is 22.4 Å². The van der Waals surface area contributed by atoms with Gasteiger partial charge in [0.2, 0.25) is 0 Å². The molecule has 1 atom stereocenters. The Morgan fingerprint density at radius 3 is 2.07 bits per heavy atom. The van der Waals surface area contributed by atoms with Crippen LogP contribution in [0, 0.1) is 0 Å². The maximum atomic E-state index is 12.8. The van der Waals surface area contributed by atoms with Crippen molar-refractivity contribution < 1.29 is 14.7 Å². The molecule has 0 saturated heterocycles. The molecule has 27 heavy (non-hydrogen) atoms. The van der Waals surface area contributed by atoms with Gasteiger partial charge in [0.15, 0.2) is 5.78 Å². The van der Waals surface area contributed by atoms with E-state index in [2.05, 4.69) is 5.32 Å². The Labute approximate surface area is 158 Å². The number of carbonyl (C=O) groups excluding carboxylic acids is 2. The summed E-state index contributed by atoms with van der Waals surface area (Å²) in [6.45, 7) is 1.47. The van der Waals surface area contributed by atoms with Crippen molar-refractivity contribution in [3.8, 4) is 0 Å². The summed E-state index contributed by atoms with van der Waals surface area (Å²) >= 11 is 0. The van der Waals surface area contributed by atoms with Crippen molar-refractivity contribution in [3.05, 3.63) is 102 Å². The third-order valence-corrected chi connectivity index (χ3v) is 4.34. The number of anilines is 1. The highest BCUT2D eigenvalue weighted by Gasteiger charge is 2.31. The van der Waals surface area contributed by atoms with Gasteiger partial charge in [-0.2, -0.15) is 0 Å². The molecule has 0 aliphatic carbocycles. The topological polar surface area (TPSA) is 66.4 Å². The molecule has 0 aliphatic heterocycles. The van der Waals surface area contributed by atoms with Crippen molar-refractivity contribution in [2.75, 3.05) is 5.32 Å². The van der Waals surface area contributed by atoms with E-state index >= 15 is 0 Å². The summed E-state index contributed by atoms with van der Waals surface area (Å²) < 4.78 is 0. The van der Waals surface area contributed by atoms with Gasteiger partial charge in [-0.25, -0.2) is 0 Å². The van der Waals surface area contributed by atoms with E-state index in [-0.39, 0.29) is 12.2 Å². The Balaban J connectivity index is 1.81. The minimum Gasteiger partial charge on any atom is -0.380 e. The normalized spacial score (nSPS) is 12.8. The van der Waals surface area contributed by atoms with Crippen LogP contribution in [0.3, 0.4) is 0 Å². The summed E-state index contributed by atoms with van der Waals surface area (Å²) in [5, 5.41) is 13.4. The Morgan fingerprint density at radius 2 is 1.41 bits per heavy atom. The van der Waals surface area contributed by atoms with Crippen molar-refractivity contribution in [1.29, 1.82) is 0 Å². The second kappa shape index (κ2) is 7.98. The van der Waals surface area contributed by atoms with Crippen LogP contribution in [0.2, 0.25) is 0 Å². The summed E-state index contributed by atoms with van der Waals surface area (Å²) in [6.07, 6.45) is 0.175. The number of hydrogen-bond donors (Lipinski definition) is 2. The van der Waals surface area contributed by atoms with E-state index in [1.807, 2.05) is 36.4 Å². The fraction of sp³-hybridized carbons (Fsp3) is 0.130. The average Bonchev–Trinajstić information content (AvgIpc) is 2.69. The smallest absolute Gasteiger partial charge is 0.256 e. The van der Waals surface area contributed by atoms with Crippen LogP contribution in [0.25, 0.3) is 0 Å². The lowest BCUT2D eigenvalue weighted by Crippen LogP contribution is -2.42. The van der Waals surface area contributed by atoms with Crippen LogP contribution in [0.1, 0.15) is 28.4 Å². The molecule has 0 spiro atoms. The predicted octanol–water partition coefficient (Wildman–Crippen LogP) is 3.85. The van der Waals surface area contributed by atoms with Crippen LogP contribution >= 0.6 is 0 Å². The monoisotopic (exact) mass is 359 g/mol. The van der Waals surface area contributed by atoms with Crippen LogP contribution in [0.5, 0.6) is 0 Å². The third kappa shape index (κ3) is 4.49.